The summed E-state index contributed by atoms with van der Waals surface area (Å²) in [6.07, 6.45) is 0.211. The van der Waals surface area contributed by atoms with Crippen molar-refractivity contribution in [2.75, 3.05) is 0 Å². The fraction of sp³-hybridized carbons (Fsp3) is 0.500. The van der Waals surface area contributed by atoms with E-state index in [4.69, 9.17) is 0 Å². The van der Waals surface area contributed by atoms with Crippen LogP contribution in [-0.2, 0) is 16.0 Å². The third-order valence-corrected chi connectivity index (χ3v) is 4.55. The Morgan fingerprint density at radius 1 is 1.16 bits per heavy atom. The van der Waals surface area contributed by atoms with Crippen molar-refractivity contribution >= 4 is 20.0 Å². The summed E-state index contributed by atoms with van der Waals surface area (Å²) in [5.41, 5.74) is 3.57. The smallest absolute Gasteiger partial charge is 0.310 e. The lowest BCUT2D eigenvalue weighted by atomic mass is 9.76. The first kappa shape index (κ1) is 21.0. The summed E-state index contributed by atoms with van der Waals surface area (Å²) in [5, 5.41) is 12.6. The van der Waals surface area contributed by atoms with Gasteiger partial charge in [-0.15, -0.1) is 5.54 Å². The lowest BCUT2D eigenvalue weighted by Crippen LogP contribution is -2.48. The third kappa shape index (κ3) is 7.57. The SMILES string of the molecule is CC(C)(C)C(C(=O)O)C(C#C[Si](C)(C)C)NC(=O)Cc1ccccc1. The van der Waals surface area contributed by atoms with Crippen LogP contribution in [-0.4, -0.2) is 31.1 Å². The van der Waals surface area contributed by atoms with E-state index in [9.17, 15) is 14.7 Å². The third-order valence-electron chi connectivity index (χ3n) is 3.66. The van der Waals surface area contributed by atoms with Crippen molar-refractivity contribution in [2.24, 2.45) is 11.3 Å². The van der Waals surface area contributed by atoms with Gasteiger partial charge in [0.05, 0.1) is 12.3 Å². The molecule has 1 rings (SSSR count). The van der Waals surface area contributed by atoms with Crippen LogP contribution in [0.1, 0.15) is 26.3 Å². The first-order valence-electron chi connectivity index (χ1n) is 8.49. The Kier molecular flexibility index (Phi) is 7.01. The second kappa shape index (κ2) is 8.35. The zero-order valence-electron chi connectivity index (χ0n) is 16.0. The molecule has 0 aliphatic carbocycles. The van der Waals surface area contributed by atoms with Crippen LogP contribution in [0.4, 0.5) is 0 Å². The predicted molar refractivity (Wildman–Crippen MR) is 104 cm³/mol. The summed E-state index contributed by atoms with van der Waals surface area (Å²) in [4.78, 5) is 24.3. The molecule has 5 heteroatoms. The summed E-state index contributed by atoms with van der Waals surface area (Å²) in [5.74, 6) is 1.13. The van der Waals surface area contributed by atoms with Crippen molar-refractivity contribution in [3.63, 3.8) is 0 Å². The molecule has 0 aliphatic heterocycles. The fourth-order valence-corrected chi connectivity index (χ4v) is 3.10. The summed E-state index contributed by atoms with van der Waals surface area (Å²) >= 11 is 0. The maximum absolute atomic E-state index is 12.4. The number of hydrogen-bond acceptors (Lipinski definition) is 2. The van der Waals surface area contributed by atoms with Crippen LogP contribution in [0.2, 0.25) is 19.6 Å². The minimum absolute atomic E-state index is 0.211. The minimum Gasteiger partial charge on any atom is -0.481 e. The van der Waals surface area contributed by atoms with E-state index < -0.39 is 31.4 Å². The summed E-state index contributed by atoms with van der Waals surface area (Å²) in [6.45, 7) is 11.9. The van der Waals surface area contributed by atoms with Crippen LogP contribution in [0.5, 0.6) is 0 Å². The molecule has 0 fully saturated rings. The van der Waals surface area contributed by atoms with Gasteiger partial charge in [-0.1, -0.05) is 76.7 Å². The lowest BCUT2D eigenvalue weighted by Gasteiger charge is -2.32. The molecule has 0 bridgehead atoms. The monoisotopic (exact) mass is 359 g/mol. The zero-order valence-corrected chi connectivity index (χ0v) is 17.0. The number of aliphatic carboxylic acids is 1. The largest absolute Gasteiger partial charge is 0.481 e. The normalized spacial score (nSPS) is 14.0. The highest BCUT2D eigenvalue weighted by atomic mass is 28.3. The van der Waals surface area contributed by atoms with Gasteiger partial charge in [0, 0.05) is 0 Å². The van der Waals surface area contributed by atoms with Crippen LogP contribution < -0.4 is 5.32 Å². The highest BCUT2D eigenvalue weighted by molar-refractivity contribution is 6.83. The van der Waals surface area contributed by atoms with Crippen molar-refractivity contribution in [3.8, 4) is 11.5 Å². The molecule has 1 amide bonds. The molecule has 0 aromatic heterocycles. The topological polar surface area (TPSA) is 66.4 Å². The Morgan fingerprint density at radius 2 is 1.72 bits per heavy atom. The number of carbonyl (C=O) groups is 2. The van der Waals surface area contributed by atoms with E-state index in [2.05, 4.69) is 36.4 Å². The lowest BCUT2D eigenvalue weighted by molar-refractivity contribution is -0.146. The number of rotatable bonds is 5. The van der Waals surface area contributed by atoms with Crippen molar-refractivity contribution in [2.45, 2.75) is 52.9 Å². The molecule has 1 aromatic rings. The van der Waals surface area contributed by atoms with E-state index in [1.54, 1.807) is 0 Å². The molecule has 0 aliphatic rings. The molecule has 0 saturated carbocycles. The van der Waals surface area contributed by atoms with Gasteiger partial charge in [-0.05, 0) is 11.0 Å². The molecular formula is C20H29NO3Si. The number of carboxylic acids is 1. The maximum Gasteiger partial charge on any atom is 0.310 e. The second-order valence-corrected chi connectivity index (χ2v) is 13.2. The van der Waals surface area contributed by atoms with Crippen molar-refractivity contribution in [1.82, 2.24) is 5.32 Å². The van der Waals surface area contributed by atoms with Crippen LogP contribution in [0, 0.1) is 22.8 Å². The first-order valence-corrected chi connectivity index (χ1v) is 12.0. The summed E-state index contributed by atoms with van der Waals surface area (Å²) < 4.78 is 0. The molecule has 0 radical (unpaired) electrons. The van der Waals surface area contributed by atoms with E-state index in [1.165, 1.54) is 0 Å². The summed E-state index contributed by atoms with van der Waals surface area (Å²) in [7, 11) is -1.69. The molecule has 2 unspecified atom stereocenters. The number of hydrogen-bond donors (Lipinski definition) is 2. The molecule has 0 saturated heterocycles. The van der Waals surface area contributed by atoms with Crippen molar-refractivity contribution < 1.29 is 14.7 Å². The number of carbonyl (C=O) groups excluding carboxylic acids is 1. The highest BCUT2D eigenvalue weighted by Crippen LogP contribution is 2.29. The first-order chi connectivity index (χ1) is 11.4. The average molecular weight is 360 g/mol. The zero-order chi connectivity index (χ0) is 19.3. The number of nitrogens with one attached hydrogen (secondary N) is 1. The van der Waals surface area contributed by atoms with Crippen LogP contribution in [0.15, 0.2) is 30.3 Å². The van der Waals surface area contributed by atoms with Crippen LogP contribution in [0.3, 0.4) is 0 Å². The van der Waals surface area contributed by atoms with E-state index in [0.29, 0.717) is 0 Å². The molecule has 25 heavy (non-hydrogen) atoms. The Balaban J connectivity index is 3.07. The molecule has 136 valence electrons. The van der Waals surface area contributed by atoms with Gasteiger partial charge < -0.3 is 10.4 Å². The van der Waals surface area contributed by atoms with E-state index in [1.807, 2.05) is 51.1 Å². The van der Waals surface area contributed by atoms with Crippen LogP contribution >= 0.6 is 0 Å². The molecule has 4 nitrogen and oxygen atoms in total. The minimum atomic E-state index is -1.69. The Morgan fingerprint density at radius 3 is 2.16 bits per heavy atom. The standard InChI is InChI=1S/C20H29NO3Si/c1-20(2,3)18(19(23)24)16(12-13-25(4,5)6)21-17(22)14-15-10-8-7-9-11-15/h7-11,16,18H,14H2,1-6H3,(H,21,22)(H,23,24). The number of benzene rings is 1. The van der Waals surface area contributed by atoms with Crippen LogP contribution in [0.25, 0.3) is 0 Å². The van der Waals surface area contributed by atoms with E-state index in [0.717, 1.165) is 5.56 Å². The molecular weight excluding hydrogens is 330 g/mol. The molecule has 2 atom stereocenters. The van der Waals surface area contributed by atoms with E-state index >= 15 is 0 Å². The highest BCUT2D eigenvalue weighted by Gasteiger charge is 2.38. The van der Waals surface area contributed by atoms with Crippen molar-refractivity contribution in [3.05, 3.63) is 35.9 Å². The molecule has 0 spiro atoms. The second-order valence-electron chi connectivity index (χ2n) is 8.41. The van der Waals surface area contributed by atoms with Gasteiger partial charge in [0.15, 0.2) is 0 Å². The van der Waals surface area contributed by atoms with Gasteiger partial charge in [-0.25, -0.2) is 0 Å². The fourth-order valence-electron chi connectivity index (χ4n) is 2.52. The van der Waals surface area contributed by atoms with E-state index in [-0.39, 0.29) is 12.3 Å². The summed E-state index contributed by atoms with van der Waals surface area (Å²) in [6, 6.07) is 8.69. The number of carboxylic acid groups (broad SMARTS) is 1. The predicted octanol–water partition coefficient (Wildman–Crippen LogP) is 3.34. The van der Waals surface area contributed by atoms with Gasteiger partial charge >= 0.3 is 5.97 Å². The Labute approximate surface area is 152 Å². The Bertz CT molecular complexity index is 660. The quantitative estimate of drug-likeness (QED) is 0.626. The number of amides is 1. The van der Waals surface area contributed by atoms with Gasteiger partial charge in [0.1, 0.15) is 14.1 Å². The maximum atomic E-state index is 12.4. The van der Waals surface area contributed by atoms with Gasteiger partial charge in [0.2, 0.25) is 5.91 Å². The molecule has 2 N–H and O–H groups in total. The van der Waals surface area contributed by atoms with Gasteiger partial charge in [-0.2, -0.15) is 0 Å². The molecule has 1 aromatic carbocycles. The Hall–Kier alpha value is -2.06. The molecule has 0 heterocycles. The van der Waals surface area contributed by atoms with Gasteiger partial charge in [0.25, 0.3) is 0 Å². The average Bonchev–Trinajstić information content (AvgIpc) is 2.43. The van der Waals surface area contributed by atoms with Crippen molar-refractivity contribution in [1.29, 1.82) is 0 Å². The van der Waals surface area contributed by atoms with Gasteiger partial charge in [-0.3, -0.25) is 9.59 Å².